The van der Waals surface area contributed by atoms with Crippen molar-refractivity contribution >= 4 is 17.0 Å². The Morgan fingerprint density at radius 1 is 1.36 bits per heavy atom. The number of hydrogen-bond acceptors (Lipinski definition) is 3. The third-order valence-corrected chi connectivity index (χ3v) is 2.24. The summed E-state index contributed by atoms with van der Waals surface area (Å²) in [4.78, 5) is 4.38. The highest BCUT2D eigenvalue weighted by atomic mass is 15.3. The number of anilines is 1. The highest BCUT2D eigenvalue weighted by Crippen LogP contribution is 2.23. The summed E-state index contributed by atoms with van der Waals surface area (Å²) in [5.74, 6) is 6.13. The lowest BCUT2D eigenvalue weighted by Gasteiger charge is -2.11. The molecule has 0 fully saturated rings. The van der Waals surface area contributed by atoms with Gasteiger partial charge in [-0.3, -0.25) is 5.43 Å². The number of aromatic nitrogens is 2. The average molecular weight is 190 g/mol. The van der Waals surface area contributed by atoms with E-state index in [0.29, 0.717) is 12.0 Å². The molecular formula is C10H14N4. The van der Waals surface area contributed by atoms with Crippen molar-refractivity contribution in [3.8, 4) is 0 Å². The van der Waals surface area contributed by atoms with E-state index in [4.69, 9.17) is 5.84 Å². The number of para-hydroxylation sites is 2. The standard InChI is InChI=1S/C10H14N4/c1-7(2)14-9-6-4-3-5-8(9)12-10(14)13-11/h3-7H,11H2,1-2H3,(H,12,13). The topological polar surface area (TPSA) is 55.9 Å². The summed E-state index contributed by atoms with van der Waals surface area (Å²) in [5, 5.41) is 0. The van der Waals surface area contributed by atoms with E-state index in [1.165, 1.54) is 0 Å². The molecule has 4 heteroatoms. The van der Waals surface area contributed by atoms with Gasteiger partial charge in [-0.15, -0.1) is 0 Å². The second-order valence-electron chi connectivity index (χ2n) is 3.53. The van der Waals surface area contributed by atoms with Crippen LogP contribution in [0.2, 0.25) is 0 Å². The summed E-state index contributed by atoms with van der Waals surface area (Å²) in [7, 11) is 0. The Morgan fingerprint density at radius 3 is 2.71 bits per heavy atom. The molecule has 0 aliphatic rings. The van der Waals surface area contributed by atoms with Gasteiger partial charge in [0.05, 0.1) is 11.0 Å². The van der Waals surface area contributed by atoms with Crippen LogP contribution in [0, 0.1) is 0 Å². The minimum atomic E-state index is 0.341. The number of rotatable bonds is 2. The predicted molar refractivity (Wildman–Crippen MR) is 57.9 cm³/mol. The fourth-order valence-electron chi connectivity index (χ4n) is 1.67. The number of benzene rings is 1. The third kappa shape index (κ3) is 1.24. The molecule has 0 saturated carbocycles. The Balaban J connectivity index is 2.74. The number of nitrogens with zero attached hydrogens (tertiary/aromatic N) is 2. The molecule has 0 bridgehead atoms. The first-order valence-electron chi connectivity index (χ1n) is 4.67. The van der Waals surface area contributed by atoms with Crippen LogP contribution in [0.1, 0.15) is 19.9 Å². The first-order chi connectivity index (χ1) is 6.74. The van der Waals surface area contributed by atoms with Crippen molar-refractivity contribution in [1.29, 1.82) is 0 Å². The smallest absolute Gasteiger partial charge is 0.218 e. The summed E-state index contributed by atoms with van der Waals surface area (Å²) in [6, 6.07) is 8.34. The molecule has 0 atom stereocenters. The molecule has 0 saturated heterocycles. The molecule has 1 heterocycles. The van der Waals surface area contributed by atoms with Gasteiger partial charge in [0, 0.05) is 6.04 Å². The van der Waals surface area contributed by atoms with Crippen molar-refractivity contribution in [2.45, 2.75) is 19.9 Å². The maximum absolute atomic E-state index is 5.42. The van der Waals surface area contributed by atoms with Gasteiger partial charge in [-0.05, 0) is 26.0 Å². The molecule has 0 radical (unpaired) electrons. The van der Waals surface area contributed by atoms with E-state index in [-0.39, 0.29) is 0 Å². The van der Waals surface area contributed by atoms with E-state index < -0.39 is 0 Å². The zero-order valence-electron chi connectivity index (χ0n) is 8.36. The number of imidazole rings is 1. The van der Waals surface area contributed by atoms with Crippen molar-refractivity contribution in [2.75, 3.05) is 5.43 Å². The Bertz CT molecular complexity index is 444. The zero-order valence-corrected chi connectivity index (χ0v) is 8.36. The van der Waals surface area contributed by atoms with Crippen LogP contribution in [0.4, 0.5) is 5.95 Å². The summed E-state index contributed by atoms with van der Waals surface area (Å²) < 4.78 is 2.08. The van der Waals surface area contributed by atoms with Crippen LogP contribution in [0.15, 0.2) is 24.3 Å². The van der Waals surface area contributed by atoms with Crippen LogP contribution >= 0.6 is 0 Å². The van der Waals surface area contributed by atoms with Crippen LogP contribution in [0.3, 0.4) is 0 Å². The molecule has 0 aliphatic heterocycles. The monoisotopic (exact) mass is 190 g/mol. The van der Waals surface area contributed by atoms with Crippen molar-refractivity contribution in [1.82, 2.24) is 9.55 Å². The molecule has 1 aromatic heterocycles. The van der Waals surface area contributed by atoms with Crippen molar-refractivity contribution < 1.29 is 0 Å². The average Bonchev–Trinajstić information content (AvgIpc) is 2.55. The van der Waals surface area contributed by atoms with Crippen LogP contribution < -0.4 is 11.3 Å². The van der Waals surface area contributed by atoms with Gasteiger partial charge in [0.1, 0.15) is 0 Å². The van der Waals surface area contributed by atoms with Gasteiger partial charge in [-0.2, -0.15) is 0 Å². The second-order valence-corrected chi connectivity index (χ2v) is 3.53. The van der Waals surface area contributed by atoms with E-state index in [9.17, 15) is 0 Å². The highest BCUT2D eigenvalue weighted by molar-refractivity contribution is 5.78. The van der Waals surface area contributed by atoms with Crippen LogP contribution in [-0.4, -0.2) is 9.55 Å². The van der Waals surface area contributed by atoms with Gasteiger partial charge in [-0.25, -0.2) is 10.8 Å². The van der Waals surface area contributed by atoms with Crippen molar-refractivity contribution in [3.63, 3.8) is 0 Å². The van der Waals surface area contributed by atoms with E-state index in [0.717, 1.165) is 11.0 Å². The second kappa shape index (κ2) is 3.31. The zero-order chi connectivity index (χ0) is 10.1. The summed E-state index contributed by atoms with van der Waals surface area (Å²) in [5.41, 5.74) is 4.69. The van der Waals surface area contributed by atoms with Gasteiger partial charge >= 0.3 is 0 Å². The lowest BCUT2D eigenvalue weighted by Crippen LogP contribution is -2.14. The lowest BCUT2D eigenvalue weighted by molar-refractivity contribution is 0.623. The number of nitrogens with one attached hydrogen (secondary N) is 1. The predicted octanol–water partition coefficient (Wildman–Crippen LogP) is 1.90. The molecule has 2 rings (SSSR count). The van der Waals surface area contributed by atoms with Gasteiger partial charge in [0.2, 0.25) is 5.95 Å². The van der Waals surface area contributed by atoms with E-state index in [2.05, 4.69) is 28.8 Å². The normalized spacial score (nSPS) is 11.1. The first-order valence-corrected chi connectivity index (χ1v) is 4.67. The van der Waals surface area contributed by atoms with Gasteiger partial charge in [-0.1, -0.05) is 12.1 Å². The molecule has 0 unspecified atom stereocenters. The van der Waals surface area contributed by atoms with Gasteiger partial charge < -0.3 is 4.57 Å². The molecule has 74 valence electrons. The third-order valence-electron chi connectivity index (χ3n) is 2.24. The quantitative estimate of drug-likeness (QED) is 0.561. The molecule has 14 heavy (non-hydrogen) atoms. The van der Waals surface area contributed by atoms with Crippen molar-refractivity contribution in [2.24, 2.45) is 5.84 Å². The molecule has 0 amide bonds. The number of fused-ring (bicyclic) bond motifs is 1. The Kier molecular flexibility index (Phi) is 2.13. The molecule has 3 N–H and O–H groups in total. The number of hydrogen-bond donors (Lipinski definition) is 2. The van der Waals surface area contributed by atoms with Gasteiger partial charge in [0.25, 0.3) is 0 Å². The maximum Gasteiger partial charge on any atom is 0.218 e. The van der Waals surface area contributed by atoms with Crippen LogP contribution in [-0.2, 0) is 0 Å². The summed E-state index contributed by atoms with van der Waals surface area (Å²) >= 11 is 0. The largest absolute Gasteiger partial charge is 0.307 e. The number of nitrogens with two attached hydrogens (primary N) is 1. The molecule has 0 spiro atoms. The van der Waals surface area contributed by atoms with E-state index in [1.807, 2.05) is 24.3 Å². The molecule has 4 nitrogen and oxygen atoms in total. The fraction of sp³-hybridized carbons (Fsp3) is 0.300. The highest BCUT2D eigenvalue weighted by Gasteiger charge is 2.10. The summed E-state index contributed by atoms with van der Waals surface area (Å²) in [6.07, 6.45) is 0. The minimum Gasteiger partial charge on any atom is -0.307 e. The number of hydrazine groups is 1. The molecule has 0 aliphatic carbocycles. The van der Waals surface area contributed by atoms with Crippen LogP contribution in [0.5, 0.6) is 0 Å². The lowest BCUT2D eigenvalue weighted by atomic mass is 10.3. The van der Waals surface area contributed by atoms with E-state index >= 15 is 0 Å². The summed E-state index contributed by atoms with van der Waals surface area (Å²) in [6.45, 7) is 4.21. The Labute approximate surface area is 82.7 Å². The van der Waals surface area contributed by atoms with Crippen LogP contribution in [0.25, 0.3) is 11.0 Å². The van der Waals surface area contributed by atoms with Gasteiger partial charge in [0.15, 0.2) is 0 Å². The van der Waals surface area contributed by atoms with Crippen molar-refractivity contribution in [3.05, 3.63) is 24.3 Å². The molecular weight excluding hydrogens is 176 g/mol. The Morgan fingerprint density at radius 2 is 2.07 bits per heavy atom. The minimum absolute atomic E-state index is 0.341. The fourth-order valence-corrected chi connectivity index (χ4v) is 1.67. The SMILES string of the molecule is CC(C)n1c(NN)nc2ccccc21. The number of nitrogen functional groups attached to an aromatic ring is 1. The maximum atomic E-state index is 5.42. The van der Waals surface area contributed by atoms with E-state index in [1.54, 1.807) is 0 Å². The molecule has 1 aromatic carbocycles. The Hall–Kier alpha value is -1.55. The first kappa shape index (κ1) is 9.02. The molecule has 2 aromatic rings.